The number of rotatable bonds is 9. The van der Waals surface area contributed by atoms with Crippen molar-refractivity contribution >= 4 is 0 Å². The van der Waals surface area contributed by atoms with Crippen molar-refractivity contribution in [2.75, 3.05) is 21.1 Å². The van der Waals surface area contributed by atoms with Gasteiger partial charge in [-0.2, -0.15) is 0 Å². The van der Waals surface area contributed by atoms with E-state index in [2.05, 4.69) is 145 Å². The highest BCUT2D eigenvalue weighted by Crippen LogP contribution is 2.42. The van der Waals surface area contributed by atoms with Crippen LogP contribution >= 0.6 is 0 Å². The van der Waals surface area contributed by atoms with Gasteiger partial charge in [0.05, 0.1) is 0 Å². The van der Waals surface area contributed by atoms with E-state index in [0.717, 1.165) is 42.4 Å². The third-order valence-electron chi connectivity index (χ3n) is 15.2. The Bertz CT molecular complexity index is 1470. The summed E-state index contributed by atoms with van der Waals surface area (Å²) in [6.07, 6.45) is 27.8. The fraction of sp³-hybridized carbons (Fsp3) is 0.746. The van der Waals surface area contributed by atoms with Gasteiger partial charge in [-0.15, -0.1) is 0 Å². The highest BCUT2D eigenvalue weighted by molar-refractivity contribution is 5.14. The molecule has 3 aliphatic carbocycles. The minimum absolute atomic E-state index is 0.458. The first-order valence-electron chi connectivity index (χ1n) is 26.6. The first-order chi connectivity index (χ1) is 30.8. The van der Waals surface area contributed by atoms with E-state index in [9.17, 15) is 0 Å². The van der Waals surface area contributed by atoms with Gasteiger partial charge in [-0.05, 0) is 181 Å². The van der Waals surface area contributed by atoms with Gasteiger partial charge in [-0.3, -0.25) is 29.7 Å². The zero-order valence-electron chi connectivity index (χ0n) is 46.4. The molecule has 65 heavy (non-hydrogen) atoms. The van der Waals surface area contributed by atoms with E-state index in [1.807, 2.05) is 96.9 Å². The maximum absolute atomic E-state index is 4.25. The molecule has 0 saturated heterocycles. The van der Waals surface area contributed by atoms with Crippen LogP contribution in [0.15, 0.2) is 73.6 Å². The molecule has 6 rings (SSSR count). The number of nitrogens with zero attached hydrogens (tertiary/aromatic N) is 6. The van der Waals surface area contributed by atoms with Crippen LogP contribution in [0, 0.1) is 34.0 Å². The molecule has 0 spiro atoms. The Kier molecular flexibility index (Phi) is 28.5. The van der Waals surface area contributed by atoms with E-state index >= 15 is 0 Å². The molecule has 3 aromatic rings. The van der Waals surface area contributed by atoms with Crippen molar-refractivity contribution in [2.24, 2.45) is 34.0 Å². The molecule has 3 aliphatic rings. The molecular formula is C59H106N6. The van der Waals surface area contributed by atoms with Gasteiger partial charge < -0.3 is 0 Å². The molecule has 0 radical (unpaired) electrons. The second-order valence-corrected chi connectivity index (χ2v) is 22.1. The zero-order chi connectivity index (χ0) is 49.4. The van der Waals surface area contributed by atoms with Crippen molar-refractivity contribution in [1.82, 2.24) is 29.7 Å². The lowest BCUT2D eigenvalue weighted by atomic mass is 9.71. The molecule has 3 saturated carbocycles. The molecule has 3 fully saturated rings. The van der Waals surface area contributed by atoms with E-state index in [-0.39, 0.29) is 0 Å². The Hall–Kier alpha value is -2.67. The van der Waals surface area contributed by atoms with E-state index in [0.29, 0.717) is 28.3 Å². The second-order valence-electron chi connectivity index (χ2n) is 22.1. The molecule has 3 heterocycles. The van der Waals surface area contributed by atoms with Gasteiger partial charge in [0, 0.05) is 73.9 Å². The Morgan fingerprint density at radius 2 is 0.738 bits per heavy atom. The van der Waals surface area contributed by atoms with Crippen molar-refractivity contribution in [3.63, 3.8) is 0 Å². The van der Waals surface area contributed by atoms with Crippen LogP contribution in [0.1, 0.15) is 224 Å². The molecule has 0 N–H and O–H groups in total. The molecule has 0 aliphatic heterocycles. The Morgan fingerprint density at radius 1 is 0.446 bits per heavy atom. The predicted molar refractivity (Wildman–Crippen MR) is 286 cm³/mol. The molecule has 6 heteroatoms. The summed E-state index contributed by atoms with van der Waals surface area (Å²) in [5, 5.41) is 0. The molecule has 6 nitrogen and oxygen atoms in total. The molecule has 0 aromatic carbocycles. The third-order valence-corrected chi connectivity index (χ3v) is 15.2. The molecular weight excluding hydrogens is 793 g/mol. The lowest BCUT2D eigenvalue weighted by molar-refractivity contribution is 0.0902. The predicted octanol–water partition coefficient (Wildman–Crippen LogP) is 16.6. The lowest BCUT2D eigenvalue weighted by Gasteiger charge is -2.41. The minimum atomic E-state index is 0.458. The average Bonchev–Trinajstić information content (AvgIpc) is 3.33. The van der Waals surface area contributed by atoms with Crippen LogP contribution in [0.5, 0.6) is 0 Å². The fourth-order valence-corrected chi connectivity index (χ4v) is 10.3. The quantitative estimate of drug-likeness (QED) is 0.213. The largest absolute Gasteiger partial charge is 0.299 e. The van der Waals surface area contributed by atoms with Crippen molar-refractivity contribution in [1.29, 1.82) is 0 Å². The summed E-state index contributed by atoms with van der Waals surface area (Å²) in [5.41, 5.74) is 5.40. The summed E-state index contributed by atoms with van der Waals surface area (Å²) >= 11 is 0. The summed E-state index contributed by atoms with van der Waals surface area (Å²) in [4.78, 5) is 20.3. The monoisotopic (exact) mass is 899 g/mol. The van der Waals surface area contributed by atoms with Gasteiger partial charge in [-0.1, -0.05) is 122 Å². The van der Waals surface area contributed by atoms with Gasteiger partial charge in [0.2, 0.25) is 0 Å². The molecule has 2 atom stereocenters. The van der Waals surface area contributed by atoms with Crippen molar-refractivity contribution < 1.29 is 0 Å². The summed E-state index contributed by atoms with van der Waals surface area (Å²) in [5.74, 6) is 2.68. The molecule has 0 amide bonds. The Morgan fingerprint density at radius 3 is 1.00 bits per heavy atom. The van der Waals surface area contributed by atoms with E-state index in [4.69, 9.17) is 0 Å². The number of pyridine rings is 3. The number of hydrogen-bond donors (Lipinski definition) is 0. The van der Waals surface area contributed by atoms with E-state index in [1.165, 1.54) is 93.7 Å². The fourth-order valence-electron chi connectivity index (χ4n) is 10.3. The highest BCUT2D eigenvalue weighted by atomic mass is 15.2. The van der Waals surface area contributed by atoms with Gasteiger partial charge in [0.15, 0.2) is 0 Å². The van der Waals surface area contributed by atoms with Crippen LogP contribution in [0.2, 0.25) is 0 Å². The molecule has 3 aromatic heterocycles. The highest BCUT2D eigenvalue weighted by Gasteiger charge is 2.34. The van der Waals surface area contributed by atoms with Gasteiger partial charge >= 0.3 is 0 Å². The van der Waals surface area contributed by atoms with Crippen LogP contribution < -0.4 is 0 Å². The standard InChI is InChI=1S/2C18H30N2.C17H28N2.3C2H6/c2*1-14(15-7-6-12-19-13-15)20(5)17-10-8-16(9-11-17)18(2,3)4;1-17(2,3)15-7-9-16(10-8-15)19(4)13-14-6-5-11-18-12-14;3*1-2/h2*6-7,12-14,16-17H,8-11H2,1-5H3;5-6,11-12,15-16H,7-10,13H2,1-4H3;3*1-2H3. The van der Waals surface area contributed by atoms with Crippen molar-refractivity contribution in [2.45, 2.75) is 232 Å². The van der Waals surface area contributed by atoms with Gasteiger partial charge in [-0.25, -0.2) is 0 Å². The van der Waals surface area contributed by atoms with Crippen molar-refractivity contribution in [3.8, 4) is 0 Å². The Labute approximate surface area is 405 Å². The van der Waals surface area contributed by atoms with Crippen LogP contribution in [-0.4, -0.2) is 68.9 Å². The SMILES string of the molecule is CC.CC.CC.CC(c1cccnc1)N(C)C1CCC(C(C)(C)C)CC1.CC(c1cccnc1)N(C)C1CCC(C(C)(C)C)CC1.CN(Cc1cccnc1)C1CCC(C(C)(C)C)CC1. The summed E-state index contributed by atoms with van der Waals surface area (Å²) < 4.78 is 0. The third kappa shape index (κ3) is 21.0. The molecule has 2 unspecified atom stereocenters. The minimum Gasteiger partial charge on any atom is -0.299 e. The maximum atomic E-state index is 4.25. The first-order valence-corrected chi connectivity index (χ1v) is 26.6. The summed E-state index contributed by atoms with van der Waals surface area (Å²) in [6.45, 7) is 39.1. The smallest absolute Gasteiger partial charge is 0.0335 e. The van der Waals surface area contributed by atoms with Gasteiger partial charge in [0.1, 0.15) is 0 Å². The van der Waals surface area contributed by atoms with E-state index < -0.39 is 0 Å². The second kappa shape index (κ2) is 30.7. The Balaban J connectivity index is 0.000000460. The van der Waals surface area contributed by atoms with E-state index in [1.54, 1.807) is 0 Å². The maximum Gasteiger partial charge on any atom is 0.0335 e. The van der Waals surface area contributed by atoms with Crippen LogP contribution in [-0.2, 0) is 6.54 Å². The van der Waals surface area contributed by atoms with Crippen LogP contribution in [0.25, 0.3) is 0 Å². The van der Waals surface area contributed by atoms with Crippen molar-refractivity contribution in [3.05, 3.63) is 90.3 Å². The lowest BCUT2D eigenvalue weighted by Crippen LogP contribution is -2.38. The number of aromatic nitrogens is 3. The summed E-state index contributed by atoms with van der Waals surface area (Å²) in [7, 11) is 6.81. The van der Waals surface area contributed by atoms with Crippen LogP contribution in [0.3, 0.4) is 0 Å². The first kappa shape index (κ1) is 60.3. The van der Waals surface area contributed by atoms with Gasteiger partial charge in [0.25, 0.3) is 0 Å². The normalized spacial score (nSPS) is 23.3. The summed E-state index contributed by atoms with van der Waals surface area (Å²) in [6, 6.07) is 15.8. The molecule has 372 valence electrons. The zero-order valence-corrected chi connectivity index (χ0v) is 46.4. The average molecular weight is 900 g/mol. The van der Waals surface area contributed by atoms with Crippen LogP contribution in [0.4, 0.5) is 0 Å². The molecule has 0 bridgehead atoms. The number of hydrogen-bond acceptors (Lipinski definition) is 6. The topological polar surface area (TPSA) is 48.4 Å².